The van der Waals surface area contributed by atoms with E-state index in [9.17, 15) is 31.6 Å². The van der Waals surface area contributed by atoms with Crippen LogP contribution in [-0.2, 0) is 12.4 Å². The summed E-state index contributed by atoms with van der Waals surface area (Å²) in [6, 6.07) is 50.9. The Balaban J connectivity index is 1.36. The number of halogens is 6. The monoisotopic (exact) mass is 825 g/mol. The third-order valence-electron chi connectivity index (χ3n) is 11.8. The minimum absolute atomic E-state index is 0.123. The molecule has 0 spiro atoms. The lowest BCUT2D eigenvalue weighted by atomic mass is 9.92. The third kappa shape index (κ3) is 6.38. The van der Waals surface area contributed by atoms with Crippen LogP contribution in [-0.4, -0.2) is 9.13 Å². The minimum atomic E-state index is -5.18. The number of benzene rings is 8. The first-order chi connectivity index (χ1) is 29.8. The smallest absolute Gasteiger partial charge is 0.307 e. The lowest BCUT2D eigenvalue weighted by molar-refractivity contribution is -0.142. The number of rotatable bonds is 5. The van der Waals surface area contributed by atoms with Gasteiger partial charge in [0.2, 0.25) is 0 Å². The number of hydrogen-bond donors (Lipinski definition) is 0. The second-order valence-corrected chi connectivity index (χ2v) is 15.7. The van der Waals surface area contributed by atoms with Crippen molar-refractivity contribution in [1.29, 1.82) is 5.26 Å². The fourth-order valence-corrected chi connectivity index (χ4v) is 8.75. The number of nitriles is 1. The molecule has 0 fully saturated rings. The van der Waals surface area contributed by atoms with Crippen molar-refractivity contribution < 1.29 is 26.3 Å². The lowest BCUT2D eigenvalue weighted by Gasteiger charge is -2.21. The molecular formula is C53H33F6N3. The molecule has 302 valence electrons. The van der Waals surface area contributed by atoms with Gasteiger partial charge in [0.25, 0.3) is 0 Å². The largest absolute Gasteiger partial charge is 0.417 e. The molecule has 10 rings (SSSR count). The predicted molar refractivity (Wildman–Crippen MR) is 236 cm³/mol. The van der Waals surface area contributed by atoms with E-state index in [1.165, 1.54) is 6.07 Å². The zero-order valence-corrected chi connectivity index (χ0v) is 33.2. The average molecular weight is 826 g/mol. The Morgan fingerprint density at radius 2 is 0.871 bits per heavy atom. The van der Waals surface area contributed by atoms with E-state index in [0.717, 1.165) is 83.1 Å². The van der Waals surface area contributed by atoms with E-state index in [1.54, 1.807) is 6.07 Å². The van der Waals surface area contributed by atoms with Gasteiger partial charge in [-0.1, -0.05) is 126 Å². The number of aromatic nitrogens is 2. The molecule has 0 amide bonds. The summed E-state index contributed by atoms with van der Waals surface area (Å²) in [5.74, 6) is 0. The number of fused-ring (bicyclic) bond motifs is 6. The average Bonchev–Trinajstić information content (AvgIpc) is 3.77. The lowest BCUT2D eigenvalue weighted by Crippen LogP contribution is -2.13. The first-order valence-electron chi connectivity index (χ1n) is 19.9. The van der Waals surface area contributed by atoms with Gasteiger partial charge < -0.3 is 9.13 Å². The highest BCUT2D eigenvalue weighted by Gasteiger charge is 2.39. The van der Waals surface area contributed by atoms with Crippen LogP contribution in [0.4, 0.5) is 26.3 Å². The van der Waals surface area contributed by atoms with Crippen LogP contribution in [0, 0.1) is 25.2 Å². The summed E-state index contributed by atoms with van der Waals surface area (Å²) in [6.07, 6.45) is -10.2. The van der Waals surface area contributed by atoms with E-state index in [1.807, 2.05) is 138 Å². The summed E-state index contributed by atoms with van der Waals surface area (Å²) in [4.78, 5) is 0. The summed E-state index contributed by atoms with van der Waals surface area (Å²) >= 11 is 0. The van der Waals surface area contributed by atoms with E-state index < -0.39 is 29.0 Å². The van der Waals surface area contributed by atoms with Crippen molar-refractivity contribution in [1.82, 2.24) is 9.13 Å². The van der Waals surface area contributed by atoms with Crippen LogP contribution in [0.25, 0.3) is 88.4 Å². The highest BCUT2D eigenvalue weighted by Crippen LogP contribution is 2.46. The molecule has 0 radical (unpaired) electrons. The Labute approximate surface area is 351 Å². The fraction of sp³-hybridized carbons (Fsp3) is 0.0755. The Morgan fingerprint density at radius 3 is 1.34 bits per heavy atom. The van der Waals surface area contributed by atoms with Crippen LogP contribution >= 0.6 is 0 Å². The van der Waals surface area contributed by atoms with Gasteiger partial charge in [-0.3, -0.25) is 0 Å². The van der Waals surface area contributed by atoms with E-state index in [-0.39, 0.29) is 17.2 Å². The minimum Gasteiger partial charge on any atom is -0.307 e. The zero-order valence-electron chi connectivity index (χ0n) is 33.2. The van der Waals surface area contributed by atoms with Gasteiger partial charge in [0.15, 0.2) is 0 Å². The molecule has 0 saturated carbocycles. The van der Waals surface area contributed by atoms with E-state index >= 15 is 0 Å². The molecule has 2 aromatic heterocycles. The predicted octanol–water partition coefficient (Wildman–Crippen LogP) is 15.4. The van der Waals surface area contributed by atoms with E-state index in [0.29, 0.717) is 17.4 Å². The fourth-order valence-electron chi connectivity index (χ4n) is 8.75. The normalized spacial score (nSPS) is 12.2. The van der Waals surface area contributed by atoms with E-state index in [2.05, 4.69) is 24.3 Å². The molecule has 0 aliphatic carbocycles. The molecule has 2 heterocycles. The number of para-hydroxylation sites is 2. The zero-order chi connectivity index (χ0) is 43.1. The maximum Gasteiger partial charge on any atom is 0.417 e. The maximum absolute atomic E-state index is 15.0. The highest BCUT2D eigenvalue weighted by molar-refractivity contribution is 6.13. The number of aryl methyl sites for hydroxylation is 2. The van der Waals surface area contributed by atoms with Crippen molar-refractivity contribution in [3.05, 3.63) is 192 Å². The van der Waals surface area contributed by atoms with Gasteiger partial charge in [-0.05, 0) is 90.2 Å². The second kappa shape index (κ2) is 14.3. The second-order valence-electron chi connectivity index (χ2n) is 15.7. The molecule has 0 saturated heterocycles. The molecule has 0 atom stereocenters. The summed E-state index contributed by atoms with van der Waals surface area (Å²) in [7, 11) is 0. The van der Waals surface area contributed by atoms with Gasteiger partial charge in [0, 0.05) is 27.1 Å². The molecule has 62 heavy (non-hydrogen) atoms. The molecular weight excluding hydrogens is 793 g/mol. The van der Waals surface area contributed by atoms with Gasteiger partial charge in [0.05, 0.1) is 56.2 Å². The van der Waals surface area contributed by atoms with Gasteiger partial charge >= 0.3 is 12.4 Å². The van der Waals surface area contributed by atoms with Crippen molar-refractivity contribution in [2.75, 3.05) is 0 Å². The van der Waals surface area contributed by atoms with Crippen LogP contribution in [0.1, 0.15) is 27.8 Å². The van der Waals surface area contributed by atoms with Crippen molar-refractivity contribution in [2.45, 2.75) is 26.2 Å². The first-order valence-corrected chi connectivity index (χ1v) is 19.9. The molecule has 0 aliphatic heterocycles. The summed E-state index contributed by atoms with van der Waals surface area (Å²) < 4.78 is 90.7. The van der Waals surface area contributed by atoms with Crippen LogP contribution in [0.5, 0.6) is 0 Å². The molecule has 8 aromatic carbocycles. The van der Waals surface area contributed by atoms with Crippen molar-refractivity contribution in [3.8, 4) is 50.8 Å². The Bertz CT molecular complexity index is 3450. The molecule has 0 unspecified atom stereocenters. The van der Waals surface area contributed by atoms with E-state index in [4.69, 9.17) is 0 Å². The summed E-state index contributed by atoms with van der Waals surface area (Å²) in [5.41, 5.74) is 6.16. The van der Waals surface area contributed by atoms with Crippen molar-refractivity contribution >= 4 is 43.6 Å². The summed E-state index contributed by atoms with van der Waals surface area (Å²) in [6.45, 7) is 4.03. The Kier molecular flexibility index (Phi) is 8.89. The standard InChI is InChI=1S/C53H33F6N3/c1-31-11-15-33(16-12-31)35-19-22-42-40-7-3-5-9-46(40)61(48(42)25-35)50-27-37(30-60)44(39-24-21-38(52(54,55)56)28-45(39)53(57,58)59)29-51(50)62-47-10-6-4-8-41(47)43-23-20-36(26-49(43)62)34-17-13-32(2)14-18-34/h3-29H,1-2H3. The molecule has 0 aliphatic rings. The van der Waals surface area contributed by atoms with Crippen LogP contribution in [0.3, 0.4) is 0 Å². The molecule has 0 N–H and O–H groups in total. The van der Waals surface area contributed by atoms with Gasteiger partial charge in [-0.15, -0.1) is 0 Å². The van der Waals surface area contributed by atoms with Gasteiger partial charge in [-0.25, -0.2) is 0 Å². The first kappa shape index (κ1) is 38.6. The quantitative estimate of drug-likeness (QED) is 0.159. The maximum atomic E-state index is 15.0. The molecule has 9 heteroatoms. The topological polar surface area (TPSA) is 33.6 Å². The van der Waals surface area contributed by atoms with Crippen LogP contribution < -0.4 is 0 Å². The van der Waals surface area contributed by atoms with Crippen LogP contribution in [0.15, 0.2) is 164 Å². The van der Waals surface area contributed by atoms with Crippen molar-refractivity contribution in [3.63, 3.8) is 0 Å². The number of alkyl halides is 6. The molecule has 3 nitrogen and oxygen atoms in total. The molecule has 10 aromatic rings. The summed E-state index contributed by atoms with van der Waals surface area (Å²) in [5, 5.41) is 14.4. The molecule has 0 bridgehead atoms. The number of nitrogens with zero attached hydrogens (tertiary/aromatic N) is 3. The van der Waals surface area contributed by atoms with Gasteiger partial charge in [-0.2, -0.15) is 31.6 Å². The Hall–Kier alpha value is -7.57. The van der Waals surface area contributed by atoms with Crippen LogP contribution in [0.2, 0.25) is 0 Å². The highest BCUT2D eigenvalue weighted by atomic mass is 19.4. The van der Waals surface area contributed by atoms with Gasteiger partial charge in [0.1, 0.15) is 0 Å². The third-order valence-corrected chi connectivity index (χ3v) is 11.8. The van der Waals surface area contributed by atoms with Crippen molar-refractivity contribution in [2.24, 2.45) is 0 Å². The SMILES string of the molecule is Cc1ccc(-c2ccc3c4ccccc4n(-c4cc(C#N)c(-c5ccc(C(F)(F)F)cc5C(F)(F)F)cc4-n4c5ccccc5c5ccc(-c6ccc(C)cc6)cc54)c3c2)cc1. The number of hydrogen-bond acceptors (Lipinski definition) is 1. The Morgan fingerprint density at radius 1 is 0.419 bits per heavy atom.